The van der Waals surface area contributed by atoms with Gasteiger partial charge in [-0.2, -0.15) is 8.78 Å². The molecule has 130 valence electrons. The molecule has 0 saturated heterocycles. The average Bonchev–Trinajstić information content (AvgIpc) is 2.59. The van der Waals surface area contributed by atoms with Crippen LogP contribution in [-0.4, -0.2) is 37.0 Å². The molecule has 0 heterocycles. The van der Waals surface area contributed by atoms with Crippen LogP contribution in [0.15, 0.2) is 54.6 Å². The van der Waals surface area contributed by atoms with E-state index in [1.165, 1.54) is 0 Å². The van der Waals surface area contributed by atoms with Crippen molar-refractivity contribution >= 4 is 0 Å². The Morgan fingerprint density at radius 2 is 1.46 bits per heavy atom. The molecule has 0 bridgehead atoms. The number of aliphatic hydroxyl groups is 1. The van der Waals surface area contributed by atoms with Gasteiger partial charge in [-0.15, -0.1) is 0 Å². The fraction of sp³-hybridized carbons (Fsp3) is 0.294. The second-order valence-electron chi connectivity index (χ2n) is 5.03. The Labute approximate surface area is 136 Å². The molecule has 0 amide bonds. The molecule has 2 aromatic rings. The van der Waals surface area contributed by atoms with E-state index in [9.17, 15) is 22.7 Å². The molecule has 0 radical (unpaired) electrons. The van der Waals surface area contributed by atoms with E-state index >= 15 is 0 Å². The van der Waals surface area contributed by atoms with E-state index in [1.807, 2.05) is 30.3 Å². The van der Waals surface area contributed by atoms with Gasteiger partial charge in [-0.05, 0) is 23.3 Å². The zero-order valence-corrected chi connectivity index (χ0v) is 12.5. The molecule has 0 fully saturated rings. The third-order valence-electron chi connectivity index (χ3n) is 3.13. The average molecular weight is 344 g/mol. The van der Waals surface area contributed by atoms with Gasteiger partial charge in [0.1, 0.15) is 18.5 Å². The summed E-state index contributed by atoms with van der Waals surface area (Å²) in [6.45, 7) is -1.32. The Balaban J connectivity index is 1.82. The zero-order valence-electron chi connectivity index (χ0n) is 12.5. The lowest BCUT2D eigenvalue weighted by molar-refractivity contribution is -0.307. The Kier molecular flexibility index (Phi) is 6.16. The lowest BCUT2D eigenvalue weighted by Gasteiger charge is -2.18. The summed E-state index contributed by atoms with van der Waals surface area (Å²) in [7, 11) is 0. The van der Waals surface area contributed by atoms with E-state index < -0.39 is 25.2 Å². The van der Waals surface area contributed by atoms with Crippen molar-refractivity contribution in [2.45, 2.75) is 18.6 Å². The van der Waals surface area contributed by atoms with Crippen LogP contribution in [0.5, 0.6) is 5.75 Å². The third-order valence-corrected chi connectivity index (χ3v) is 3.13. The second-order valence-corrected chi connectivity index (χ2v) is 5.03. The Hall–Kier alpha value is -2.12. The van der Waals surface area contributed by atoms with Crippen molar-refractivity contribution in [3.8, 4) is 16.9 Å². The van der Waals surface area contributed by atoms with Crippen LogP contribution in [0.2, 0.25) is 0 Å². The minimum absolute atomic E-state index is 0.357. The highest BCUT2D eigenvalue weighted by atomic mass is 19.3. The first-order valence-corrected chi connectivity index (χ1v) is 7.15. The van der Waals surface area contributed by atoms with Gasteiger partial charge in [0.25, 0.3) is 0 Å². The molecule has 3 nitrogen and oxygen atoms in total. The van der Waals surface area contributed by atoms with E-state index in [-0.39, 0.29) is 6.61 Å². The van der Waals surface area contributed by atoms with Crippen LogP contribution in [0.1, 0.15) is 0 Å². The number of ether oxygens (including phenoxy) is 2. The number of hydrogen-bond donors (Lipinski definition) is 1. The molecule has 0 saturated carbocycles. The summed E-state index contributed by atoms with van der Waals surface area (Å²) >= 11 is 0. The van der Waals surface area contributed by atoms with Gasteiger partial charge in [0.15, 0.2) is 0 Å². The smallest absolute Gasteiger partial charge is 0.416 e. The van der Waals surface area contributed by atoms with Crippen molar-refractivity contribution in [2.75, 3.05) is 13.2 Å². The topological polar surface area (TPSA) is 38.7 Å². The molecule has 1 atom stereocenters. The minimum Gasteiger partial charge on any atom is -0.491 e. The number of aliphatic hydroxyl groups excluding tert-OH is 1. The predicted octanol–water partition coefficient (Wildman–Crippen LogP) is 3.97. The molecule has 0 aliphatic heterocycles. The van der Waals surface area contributed by atoms with Gasteiger partial charge in [-0.1, -0.05) is 42.5 Å². The highest BCUT2D eigenvalue weighted by Crippen LogP contribution is 2.24. The van der Waals surface area contributed by atoms with E-state index in [0.717, 1.165) is 11.1 Å². The monoisotopic (exact) mass is 344 g/mol. The van der Waals surface area contributed by atoms with E-state index in [0.29, 0.717) is 5.75 Å². The molecule has 0 aromatic heterocycles. The zero-order chi connectivity index (χ0) is 17.6. The predicted molar refractivity (Wildman–Crippen MR) is 80.3 cm³/mol. The van der Waals surface area contributed by atoms with Crippen LogP contribution >= 0.6 is 0 Å². The first-order chi connectivity index (χ1) is 11.4. The van der Waals surface area contributed by atoms with Gasteiger partial charge in [-0.3, -0.25) is 0 Å². The molecule has 0 aliphatic rings. The molecule has 2 aromatic carbocycles. The Morgan fingerprint density at radius 3 is 2.04 bits per heavy atom. The van der Waals surface area contributed by atoms with Crippen molar-refractivity contribution in [1.82, 2.24) is 0 Å². The molecule has 0 spiro atoms. The van der Waals surface area contributed by atoms with Crippen LogP contribution < -0.4 is 4.74 Å². The largest absolute Gasteiger partial charge is 0.491 e. The van der Waals surface area contributed by atoms with E-state index in [1.54, 1.807) is 24.3 Å². The molecular formula is C17H16F4O3. The molecule has 0 aliphatic carbocycles. The summed E-state index contributed by atoms with van der Waals surface area (Å²) in [6.07, 6.45) is -9.99. The summed E-state index contributed by atoms with van der Waals surface area (Å²) in [5, 5.41) is 9.46. The SMILES string of the molecule is O[C@H](COc1ccc(-c2ccccc2)cc1)COC(F)(F)C(F)F. The van der Waals surface area contributed by atoms with Crippen molar-refractivity contribution in [2.24, 2.45) is 0 Å². The fourth-order valence-electron chi connectivity index (χ4n) is 1.89. The summed E-state index contributed by atoms with van der Waals surface area (Å²) in [4.78, 5) is 0. The lowest BCUT2D eigenvalue weighted by Crippen LogP contribution is -2.35. The van der Waals surface area contributed by atoms with Crippen LogP contribution in [0.25, 0.3) is 11.1 Å². The maximum atomic E-state index is 12.6. The minimum atomic E-state index is -4.59. The van der Waals surface area contributed by atoms with Gasteiger partial charge in [0.2, 0.25) is 0 Å². The highest BCUT2D eigenvalue weighted by molar-refractivity contribution is 5.63. The van der Waals surface area contributed by atoms with Crippen molar-refractivity contribution in [3.05, 3.63) is 54.6 Å². The second kappa shape index (κ2) is 8.12. The van der Waals surface area contributed by atoms with Crippen molar-refractivity contribution < 1.29 is 32.1 Å². The molecule has 2 rings (SSSR count). The van der Waals surface area contributed by atoms with Gasteiger partial charge in [0, 0.05) is 0 Å². The lowest BCUT2D eigenvalue weighted by atomic mass is 10.1. The molecule has 1 N–H and O–H groups in total. The van der Waals surface area contributed by atoms with E-state index in [2.05, 4.69) is 4.74 Å². The maximum Gasteiger partial charge on any atom is 0.416 e. The van der Waals surface area contributed by atoms with Crippen LogP contribution in [0, 0.1) is 0 Å². The number of benzene rings is 2. The number of alkyl halides is 4. The summed E-state index contributed by atoms with van der Waals surface area (Å²) in [6, 6.07) is 16.5. The van der Waals surface area contributed by atoms with Crippen molar-refractivity contribution in [1.29, 1.82) is 0 Å². The van der Waals surface area contributed by atoms with Crippen LogP contribution in [-0.2, 0) is 4.74 Å². The summed E-state index contributed by atoms with van der Waals surface area (Å²) in [5.74, 6) is 0.411. The van der Waals surface area contributed by atoms with Crippen LogP contribution in [0.3, 0.4) is 0 Å². The Bertz CT molecular complexity index is 617. The van der Waals surface area contributed by atoms with E-state index in [4.69, 9.17) is 4.74 Å². The summed E-state index contributed by atoms with van der Waals surface area (Å²) in [5.41, 5.74) is 1.98. The van der Waals surface area contributed by atoms with Crippen LogP contribution in [0.4, 0.5) is 17.6 Å². The van der Waals surface area contributed by atoms with Gasteiger partial charge in [-0.25, -0.2) is 8.78 Å². The quantitative estimate of drug-likeness (QED) is 0.737. The summed E-state index contributed by atoms with van der Waals surface area (Å²) < 4.78 is 57.8. The highest BCUT2D eigenvalue weighted by Gasteiger charge is 2.42. The first-order valence-electron chi connectivity index (χ1n) is 7.15. The third kappa shape index (κ3) is 5.21. The van der Waals surface area contributed by atoms with Crippen molar-refractivity contribution in [3.63, 3.8) is 0 Å². The standard InChI is InChI=1S/C17H16F4O3/c18-16(19)17(20,21)24-11-14(22)10-23-15-8-6-13(7-9-15)12-4-2-1-3-5-12/h1-9,14,16,22H,10-11H2/t14-/m1/s1. The van der Waals surface area contributed by atoms with Gasteiger partial charge in [0.05, 0.1) is 6.61 Å². The van der Waals surface area contributed by atoms with Gasteiger partial charge < -0.3 is 14.6 Å². The molecular weight excluding hydrogens is 328 g/mol. The molecule has 24 heavy (non-hydrogen) atoms. The maximum absolute atomic E-state index is 12.6. The number of hydrogen-bond acceptors (Lipinski definition) is 3. The normalized spacial score (nSPS) is 13.1. The fourth-order valence-corrected chi connectivity index (χ4v) is 1.89. The first kappa shape index (κ1) is 18.2. The molecule has 0 unspecified atom stereocenters. The van der Waals surface area contributed by atoms with Gasteiger partial charge >= 0.3 is 12.5 Å². The Morgan fingerprint density at radius 1 is 0.875 bits per heavy atom. The number of halogens is 4. The number of rotatable bonds is 8. The molecule has 7 heteroatoms.